The molecule has 0 amide bonds. The van der Waals surface area contributed by atoms with Crippen molar-refractivity contribution in [3.05, 3.63) is 41.0 Å². The first-order valence-corrected chi connectivity index (χ1v) is 5.46. The van der Waals surface area contributed by atoms with Crippen LogP contribution in [-0.4, -0.2) is 15.4 Å². The lowest BCUT2D eigenvalue weighted by molar-refractivity contribution is 0.198. The highest BCUT2D eigenvalue weighted by atomic mass is 19.1. The smallest absolute Gasteiger partial charge is 0.165 e. The number of aliphatic hydroxyl groups excluding tert-OH is 1. The van der Waals surface area contributed by atoms with Crippen molar-refractivity contribution in [2.75, 3.05) is 0 Å². The second-order valence-corrected chi connectivity index (χ2v) is 3.95. The van der Waals surface area contributed by atoms with Crippen molar-refractivity contribution in [1.82, 2.24) is 10.3 Å². The molecule has 0 aliphatic heterocycles. The zero-order valence-corrected chi connectivity index (χ0v) is 10.1. The fourth-order valence-corrected chi connectivity index (χ4v) is 1.42. The van der Waals surface area contributed by atoms with Gasteiger partial charge in [0.15, 0.2) is 11.6 Å². The van der Waals surface area contributed by atoms with Gasteiger partial charge >= 0.3 is 0 Å². The molecule has 0 radical (unpaired) electrons. The van der Waals surface area contributed by atoms with Gasteiger partial charge in [-0.25, -0.2) is 9.02 Å². The number of ether oxygens (including phenoxy) is 1. The molecule has 1 aromatic heterocycles. The number of aliphatic hydroxyl groups is 1. The predicted octanol–water partition coefficient (Wildman–Crippen LogP) is 2.15. The molecule has 0 fully saturated rings. The third-order valence-corrected chi connectivity index (χ3v) is 2.55. The van der Waals surface area contributed by atoms with Crippen LogP contribution in [0.5, 0.6) is 5.75 Å². The van der Waals surface area contributed by atoms with Crippen LogP contribution in [0.15, 0.2) is 22.8 Å². The monoisotopic (exact) mass is 252 g/mol. The number of aryl methyl sites for hydroxylation is 1. The maximum Gasteiger partial charge on any atom is 0.165 e. The van der Waals surface area contributed by atoms with Gasteiger partial charge in [-0.2, -0.15) is 0 Å². The summed E-state index contributed by atoms with van der Waals surface area (Å²) in [5, 5.41) is 16.5. The highest BCUT2D eigenvalue weighted by molar-refractivity contribution is 5.30. The first-order chi connectivity index (χ1) is 8.58. The molecule has 0 saturated carbocycles. The van der Waals surface area contributed by atoms with Gasteiger partial charge < -0.3 is 9.84 Å². The van der Waals surface area contributed by atoms with Gasteiger partial charge in [-0.1, -0.05) is 16.4 Å². The van der Waals surface area contributed by atoms with E-state index in [1.165, 1.54) is 12.1 Å². The van der Waals surface area contributed by atoms with E-state index in [1.54, 1.807) is 19.9 Å². The highest BCUT2D eigenvalue weighted by Gasteiger charge is 2.10. The van der Waals surface area contributed by atoms with Gasteiger partial charge in [-0.3, -0.25) is 0 Å². The normalized spacial score (nSPS) is 12.4. The zero-order chi connectivity index (χ0) is 13.1. The van der Waals surface area contributed by atoms with Crippen molar-refractivity contribution >= 4 is 0 Å². The van der Waals surface area contributed by atoms with Crippen molar-refractivity contribution in [3.63, 3.8) is 0 Å². The third kappa shape index (κ3) is 2.65. The lowest BCUT2D eigenvalue weighted by Gasteiger charge is -2.09. The first-order valence-electron chi connectivity index (χ1n) is 5.46. The Morgan fingerprint density at radius 3 is 2.78 bits per heavy atom. The topological polar surface area (TPSA) is 68.4 Å². The van der Waals surface area contributed by atoms with Crippen molar-refractivity contribution in [3.8, 4) is 5.75 Å². The van der Waals surface area contributed by atoms with E-state index in [-0.39, 0.29) is 12.4 Å². The van der Waals surface area contributed by atoms with Gasteiger partial charge in [0.25, 0.3) is 0 Å². The fraction of sp³-hybridized carbons (Fsp3) is 0.333. The predicted molar refractivity (Wildman–Crippen MR) is 60.4 cm³/mol. The van der Waals surface area contributed by atoms with Crippen LogP contribution >= 0.6 is 0 Å². The average Bonchev–Trinajstić information content (AvgIpc) is 2.73. The minimum absolute atomic E-state index is 0.0836. The molecule has 2 aromatic rings. The van der Waals surface area contributed by atoms with E-state index in [4.69, 9.17) is 4.74 Å². The summed E-state index contributed by atoms with van der Waals surface area (Å²) >= 11 is 0. The molecular weight excluding hydrogens is 239 g/mol. The van der Waals surface area contributed by atoms with Crippen LogP contribution in [0.25, 0.3) is 0 Å². The number of benzene rings is 1. The molecule has 1 atom stereocenters. The Bertz CT molecular complexity index is 540. The Labute approximate surface area is 103 Å². The molecule has 0 spiro atoms. The van der Waals surface area contributed by atoms with E-state index in [2.05, 4.69) is 14.9 Å². The van der Waals surface area contributed by atoms with Gasteiger partial charge in [0, 0.05) is 0 Å². The second kappa shape index (κ2) is 5.14. The van der Waals surface area contributed by atoms with Crippen LogP contribution in [0, 0.1) is 12.7 Å². The van der Waals surface area contributed by atoms with Crippen LogP contribution in [-0.2, 0) is 6.61 Å². The summed E-state index contributed by atoms with van der Waals surface area (Å²) in [6.07, 6.45) is -0.712. The zero-order valence-electron chi connectivity index (χ0n) is 10.1. The van der Waals surface area contributed by atoms with Crippen molar-refractivity contribution < 1.29 is 18.9 Å². The highest BCUT2D eigenvalue weighted by Crippen LogP contribution is 2.22. The van der Waals surface area contributed by atoms with Crippen molar-refractivity contribution in [2.45, 2.75) is 26.6 Å². The van der Waals surface area contributed by atoms with Crippen molar-refractivity contribution in [1.29, 1.82) is 0 Å². The van der Waals surface area contributed by atoms with Gasteiger partial charge in [0.1, 0.15) is 18.0 Å². The van der Waals surface area contributed by atoms with E-state index < -0.39 is 11.9 Å². The quantitative estimate of drug-likeness (QED) is 0.902. The Kier molecular flexibility index (Phi) is 3.57. The van der Waals surface area contributed by atoms with E-state index in [1.807, 2.05) is 0 Å². The number of aromatic nitrogens is 2. The summed E-state index contributed by atoms with van der Waals surface area (Å²) in [7, 11) is 0. The summed E-state index contributed by atoms with van der Waals surface area (Å²) in [5.41, 5.74) is 1.63. The first kappa shape index (κ1) is 12.5. The van der Waals surface area contributed by atoms with Crippen LogP contribution in [0.1, 0.15) is 30.0 Å². The van der Waals surface area contributed by atoms with E-state index >= 15 is 0 Å². The largest absolute Gasteiger partial charge is 0.484 e. The second-order valence-electron chi connectivity index (χ2n) is 3.95. The third-order valence-electron chi connectivity index (χ3n) is 2.55. The Hall–Kier alpha value is -1.95. The lowest BCUT2D eigenvalue weighted by atomic mass is 10.1. The van der Waals surface area contributed by atoms with Gasteiger partial charge in [0.05, 0.1) is 6.10 Å². The molecule has 18 heavy (non-hydrogen) atoms. The summed E-state index contributed by atoms with van der Waals surface area (Å²) in [5.74, 6) is -0.427. The summed E-state index contributed by atoms with van der Waals surface area (Å²) in [6, 6.07) is 4.32. The standard InChI is InChI=1S/C12H13FN2O3/c1-7-11(15-18-14-7)6-17-12-4-3-9(8(2)16)5-10(12)13/h3-5,8,16H,6H2,1-2H3. The van der Waals surface area contributed by atoms with Gasteiger partial charge in [-0.05, 0) is 31.5 Å². The molecule has 0 aliphatic carbocycles. The van der Waals surface area contributed by atoms with Crippen LogP contribution in [0.2, 0.25) is 0 Å². The molecule has 0 saturated heterocycles. The molecule has 0 bridgehead atoms. The van der Waals surface area contributed by atoms with Crippen LogP contribution in [0.4, 0.5) is 4.39 Å². The molecule has 5 nitrogen and oxygen atoms in total. The molecule has 1 N–H and O–H groups in total. The number of rotatable bonds is 4. The van der Waals surface area contributed by atoms with Crippen LogP contribution < -0.4 is 4.74 Å². The Morgan fingerprint density at radius 1 is 1.44 bits per heavy atom. The summed E-state index contributed by atoms with van der Waals surface area (Å²) in [4.78, 5) is 0. The average molecular weight is 252 g/mol. The summed E-state index contributed by atoms with van der Waals surface area (Å²) < 4.78 is 23.4. The number of nitrogens with zero attached hydrogens (tertiary/aromatic N) is 2. The lowest BCUT2D eigenvalue weighted by Crippen LogP contribution is -2.00. The van der Waals surface area contributed by atoms with Gasteiger partial charge in [-0.15, -0.1) is 0 Å². The van der Waals surface area contributed by atoms with E-state index in [0.717, 1.165) is 0 Å². The minimum Gasteiger partial charge on any atom is -0.484 e. The van der Waals surface area contributed by atoms with E-state index in [0.29, 0.717) is 17.0 Å². The van der Waals surface area contributed by atoms with E-state index in [9.17, 15) is 9.50 Å². The molecule has 0 aliphatic rings. The van der Waals surface area contributed by atoms with Crippen LogP contribution in [0.3, 0.4) is 0 Å². The SMILES string of the molecule is Cc1nonc1COc1ccc(C(C)O)cc1F. The molecule has 1 heterocycles. The fourth-order valence-electron chi connectivity index (χ4n) is 1.42. The van der Waals surface area contributed by atoms with Gasteiger partial charge in [0.2, 0.25) is 0 Å². The molecule has 96 valence electrons. The molecule has 1 unspecified atom stereocenters. The number of hydrogen-bond acceptors (Lipinski definition) is 5. The maximum atomic E-state index is 13.6. The summed E-state index contributed by atoms with van der Waals surface area (Å²) in [6.45, 7) is 3.38. The van der Waals surface area contributed by atoms with Crippen molar-refractivity contribution in [2.24, 2.45) is 0 Å². The molecule has 2 rings (SSSR count). The number of halogens is 1. The molecule has 6 heteroatoms. The maximum absolute atomic E-state index is 13.6. The minimum atomic E-state index is -0.712. The molecular formula is C12H13FN2O3. The Balaban J connectivity index is 2.08. The molecule has 1 aromatic carbocycles. The number of hydrogen-bond donors (Lipinski definition) is 1. The Morgan fingerprint density at radius 2 is 2.22 bits per heavy atom.